The molecule has 0 spiro atoms. The van der Waals surface area contributed by atoms with E-state index in [0.717, 1.165) is 23.0 Å². The third-order valence-corrected chi connectivity index (χ3v) is 3.80. The Kier molecular flexibility index (Phi) is 3.93. The number of benzene rings is 1. The van der Waals surface area contributed by atoms with Crippen molar-refractivity contribution in [2.45, 2.75) is 13.3 Å². The molecule has 2 aromatic heterocycles. The van der Waals surface area contributed by atoms with E-state index in [9.17, 15) is 9.59 Å². The Morgan fingerprint density at radius 1 is 1.17 bits per heavy atom. The highest BCUT2D eigenvalue weighted by molar-refractivity contribution is 6.07. The summed E-state index contributed by atoms with van der Waals surface area (Å²) in [6, 6.07) is 14.2. The van der Waals surface area contributed by atoms with Crippen molar-refractivity contribution in [3.05, 3.63) is 70.3 Å². The molecule has 3 rings (SSSR count). The molecule has 0 unspecified atom stereocenters. The summed E-state index contributed by atoms with van der Waals surface area (Å²) < 4.78 is 1.33. The first-order valence-electron chi connectivity index (χ1n) is 7.46. The molecular formula is C18H17N3O2. The summed E-state index contributed by atoms with van der Waals surface area (Å²) >= 11 is 0. The minimum Gasteiger partial charge on any atom is -0.320 e. The first kappa shape index (κ1) is 15.0. The molecule has 5 heteroatoms. The van der Waals surface area contributed by atoms with Gasteiger partial charge in [0.2, 0.25) is 0 Å². The van der Waals surface area contributed by atoms with Gasteiger partial charge in [-0.15, -0.1) is 0 Å². The van der Waals surface area contributed by atoms with Gasteiger partial charge in [0.1, 0.15) is 5.69 Å². The van der Waals surface area contributed by atoms with Gasteiger partial charge in [0.15, 0.2) is 0 Å². The summed E-state index contributed by atoms with van der Waals surface area (Å²) in [7, 11) is 1.58. The second kappa shape index (κ2) is 6.04. The van der Waals surface area contributed by atoms with E-state index in [-0.39, 0.29) is 11.5 Å². The molecule has 0 aliphatic carbocycles. The van der Waals surface area contributed by atoms with Crippen LogP contribution in [0.3, 0.4) is 0 Å². The molecule has 1 N–H and O–H groups in total. The predicted octanol–water partition coefficient (Wildman–Crippen LogP) is 2.75. The van der Waals surface area contributed by atoms with E-state index in [2.05, 4.69) is 10.3 Å². The third-order valence-electron chi connectivity index (χ3n) is 3.80. The summed E-state index contributed by atoms with van der Waals surface area (Å²) in [4.78, 5) is 28.8. The van der Waals surface area contributed by atoms with Crippen LogP contribution < -0.4 is 10.9 Å². The summed E-state index contributed by atoms with van der Waals surface area (Å²) in [5, 5.41) is 3.78. The number of hydrogen-bond donors (Lipinski definition) is 1. The van der Waals surface area contributed by atoms with E-state index in [4.69, 9.17) is 0 Å². The van der Waals surface area contributed by atoms with Gasteiger partial charge in [0, 0.05) is 24.2 Å². The molecule has 23 heavy (non-hydrogen) atoms. The number of nitrogens with one attached hydrogen (secondary N) is 1. The standard InChI is InChI=1S/C18H17N3O2/c1-3-12-11-15(13-7-4-5-8-14(13)19-12)20-18(23)16-9-6-10-17(22)21(16)2/h4-11H,3H2,1-2H3,(H,19,20,23). The lowest BCUT2D eigenvalue weighted by Crippen LogP contribution is -2.25. The zero-order valence-electron chi connectivity index (χ0n) is 13.0. The SMILES string of the molecule is CCc1cc(NC(=O)c2cccc(=O)n2C)c2ccccc2n1. The van der Waals surface area contributed by atoms with E-state index in [1.54, 1.807) is 19.2 Å². The first-order valence-corrected chi connectivity index (χ1v) is 7.46. The third kappa shape index (κ3) is 2.85. The zero-order valence-corrected chi connectivity index (χ0v) is 13.0. The predicted molar refractivity (Wildman–Crippen MR) is 90.8 cm³/mol. The lowest BCUT2D eigenvalue weighted by molar-refractivity contribution is 0.101. The van der Waals surface area contributed by atoms with E-state index in [1.807, 2.05) is 37.3 Å². The molecule has 0 radical (unpaired) electrons. The normalized spacial score (nSPS) is 10.7. The van der Waals surface area contributed by atoms with Gasteiger partial charge >= 0.3 is 0 Å². The van der Waals surface area contributed by atoms with Crippen LogP contribution in [0, 0.1) is 0 Å². The molecule has 0 fully saturated rings. The van der Waals surface area contributed by atoms with Gasteiger partial charge in [-0.1, -0.05) is 31.2 Å². The van der Waals surface area contributed by atoms with Gasteiger partial charge in [0.05, 0.1) is 11.2 Å². The van der Waals surface area contributed by atoms with Gasteiger partial charge in [-0.05, 0) is 24.6 Å². The fourth-order valence-corrected chi connectivity index (χ4v) is 2.49. The number of rotatable bonds is 3. The smallest absolute Gasteiger partial charge is 0.272 e. The molecule has 0 aliphatic heterocycles. The van der Waals surface area contributed by atoms with Crippen LogP contribution in [0.2, 0.25) is 0 Å². The van der Waals surface area contributed by atoms with Crippen molar-refractivity contribution in [3.63, 3.8) is 0 Å². The van der Waals surface area contributed by atoms with Crippen LogP contribution in [-0.2, 0) is 13.5 Å². The summed E-state index contributed by atoms with van der Waals surface area (Å²) in [6.45, 7) is 2.02. The second-order valence-corrected chi connectivity index (χ2v) is 5.29. The molecule has 2 heterocycles. The summed E-state index contributed by atoms with van der Waals surface area (Å²) in [5.74, 6) is -0.316. The number of carbonyl (C=O) groups is 1. The van der Waals surface area contributed by atoms with Crippen molar-refractivity contribution in [3.8, 4) is 0 Å². The highest BCUT2D eigenvalue weighted by atomic mass is 16.2. The number of nitrogens with zero attached hydrogens (tertiary/aromatic N) is 2. The zero-order chi connectivity index (χ0) is 16.4. The Morgan fingerprint density at radius 3 is 2.74 bits per heavy atom. The summed E-state index contributed by atoms with van der Waals surface area (Å²) in [5.41, 5.74) is 2.54. The van der Waals surface area contributed by atoms with E-state index in [1.165, 1.54) is 10.6 Å². The van der Waals surface area contributed by atoms with Crippen LogP contribution in [0.4, 0.5) is 5.69 Å². The van der Waals surface area contributed by atoms with Gasteiger partial charge in [-0.3, -0.25) is 14.6 Å². The van der Waals surface area contributed by atoms with E-state index >= 15 is 0 Å². The maximum atomic E-state index is 12.5. The minimum absolute atomic E-state index is 0.216. The Morgan fingerprint density at radius 2 is 1.96 bits per heavy atom. The van der Waals surface area contributed by atoms with Crippen molar-refractivity contribution < 1.29 is 4.79 Å². The van der Waals surface area contributed by atoms with Gasteiger partial charge in [-0.2, -0.15) is 0 Å². The number of pyridine rings is 2. The molecule has 116 valence electrons. The van der Waals surface area contributed by atoms with Gasteiger partial charge in [0.25, 0.3) is 11.5 Å². The van der Waals surface area contributed by atoms with Crippen molar-refractivity contribution in [2.75, 3.05) is 5.32 Å². The van der Waals surface area contributed by atoms with E-state index in [0.29, 0.717) is 11.4 Å². The molecule has 0 atom stereocenters. The van der Waals surface area contributed by atoms with E-state index < -0.39 is 0 Å². The lowest BCUT2D eigenvalue weighted by atomic mass is 10.1. The monoisotopic (exact) mass is 307 g/mol. The van der Waals surface area contributed by atoms with Crippen LogP contribution >= 0.6 is 0 Å². The number of aryl methyl sites for hydroxylation is 1. The van der Waals surface area contributed by atoms with Crippen LogP contribution in [0.15, 0.2) is 53.3 Å². The maximum absolute atomic E-state index is 12.5. The average molecular weight is 307 g/mol. The molecule has 1 amide bonds. The lowest BCUT2D eigenvalue weighted by Gasteiger charge is -2.12. The Bertz CT molecular complexity index is 944. The first-order chi connectivity index (χ1) is 11.1. The van der Waals surface area contributed by atoms with Crippen molar-refractivity contribution in [2.24, 2.45) is 7.05 Å². The van der Waals surface area contributed by atoms with Crippen molar-refractivity contribution in [1.82, 2.24) is 9.55 Å². The van der Waals surface area contributed by atoms with Crippen molar-refractivity contribution in [1.29, 1.82) is 0 Å². The number of anilines is 1. The molecule has 0 aliphatic rings. The largest absolute Gasteiger partial charge is 0.320 e. The van der Waals surface area contributed by atoms with Crippen molar-refractivity contribution >= 4 is 22.5 Å². The topological polar surface area (TPSA) is 64.0 Å². The molecule has 5 nitrogen and oxygen atoms in total. The number of amides is 1. The van der Waals surface area contributed by atoms with Gasteiger partial charge in [-0.25, -0.2) is 0 Å². The summed E-state index contributed by atoms with van der Waals surface area (Å²) in [6.07, 6.45) is 0.775. The fraction of sp³-hybridized carbons (Fsp3) is 0.167. The minimum atomic E-state index is -0.316. The average Bonchev–Trinajstić information content (AvgIpc) is 2.57. The molecule has 0 bridgehead atoms. The fourth-order valence-electron chi connectivity index (χ4n) is 2.49. The molecule has 3 aromatic rings. The van der Waals surface area contributed by atoms with Gasteiger partial charge < -0.3 is 9.88 Å². The van der Waals surface area contributed by atoms with Crippen LogP contribution in [0.25, 0.3) is 10.9 Å². The van der Waals surface area contributed by atoms with Crippen LogP contribution in [0.5, 0.6) is 0 Å². The molecule has 0 saturated carbocycles. The number of aromatic nitrogens is 2. The quantitative estimate of drug-likeness (QED) is 0.809. The number of carbonyl (C=O) groups excluding carboxylic acids is 1. The Hall–Kier alpha value is -2.95. The maximum Gasteiger partial charge on any atom is 0.272 e. The molecule has 1 aromatic carbocycles. The Labute approximate surface area is 133 Å². The molecule has 0 saturated heterocycles. The number of fused-ring (bicyclic) bond motifs is 1. The highest BCUT2D eigenvalue weighted by Gasteiger charge is 2.12. The highest BCUT2D eigenvalue weighted by Crippen LogP contribution is 2.23. The number of para-hydroxylation sites is 1. The Balaban J connectivity index is 2.05. The molecular weight excluding hydrogens is 290 g/mol. The van der Waals surface area contributed by atoms with Crippen LogP contribution in [0.1, 0.15) is 23.1 Å². The van der Waals surface area contributed by atoms with Crippen LogP contribution in [-0.4, -0.2) is 15.5 Å². The second-order valence-electron chi connectivity index (χ2n) is 5.29. The number of hydrogen-bond acceptors (Lipinski definition) is 3.